The van der Waals surface area contributed by atoms with E-state index in [0.717, 1.165) is 30.9 Å². The Balaban J connectivity index is 1.52. The quantitative estimate of drug-likeness (QED) is 0.321. The zero-order chi connectivity index (χ0) is 26.8. The van der Waals surface area contributed by atoms with Gasteiger partial charge in [0.2, 0.25) is 0 Å². The molecule has 3 aliphatic heterocycles. The lowest BCUT2D eigenvalue weighted by molar-refractivity contribution is -0.140. The number of aliphatic hydroxyl groups is 1. The lowest BCUT2D eigenvalue weighted by atomic mass is 9.94. The van der Waals surface area contributed by atoms with Crippen LogP contribution in [0.15, 0.2) is 42.0 Å². The van der Waals surface area contributed by atoms with Gasteiger partial charge in [0.25, 0.3) is 11.7 Å². The third-order valence-corrected chi connectivity index (χ3v) is 7.41. The van der Waals surface area contributed by atoms with Crippen LogP contribution in [-0.2, 0) is 20.7 Å². The number of nitrogens with zero attached hydrogens (tertiary/aromatic N) is 2. The molecular formula is C29H34N2O7. The molecule has 1 amide bonds. The summed E-state index contributed by atoms with van der Waals surface area (Å²) in [6.07, 6.45) is 1.45. The van der Waals surface area contributed by atoms with Crippen LogP contribution in [0.5, 0.6) is 17.2 Å². The van der Waals surface area contributed by atoms with Crippen molar-refractivity contribution in [1.29, 1.82) is 0 Å². The number of amides is 1. The van der Waals surface area contributed by atoms with Crippen LogP contribution in [0.2, 0.25) is 0 Å². The number of likely N-dealkylation sites (tertiary alicyclic amines) is 1. The molecule has 0 bridgehead atoms. The molecule has 0 aromatic heterocycles. The molecule has 2 aromatic rings. The first kappa shape index (κ1) is 26.1. The van der Waals surface area contributed by atoms with Crippen molar-refractivity contribution in [3.63, 3.8) is 0 Å². The fourth-order valence-electron chi connectivity index (χ4n) is 5.49. The van der Waals surface area contributed by atoms with Gasteiger partial charge in [-0.05, 0) is 54.8 Å². The number of hydrogen-bond donors (Lipinski definition) is 1. The second kappa shape index (κ2) is 11.0. The lowest BCUT2D eigenvalue weighted by Gasteiger charge is -2.29. The summed E-state index contributed by atoms with van der Waals surface area (Å²) in [4.78, 5) is 30.6. The van der Waals surface area contributed by atoms with Crippen molar-refractivity contribution in [2.24, 2.45) is 0 Å². The number of hydrogen-bond acceptors (Lipinski definition) is 8. The standard InChI is InChI=1S/C29H34N2O7/c1-18-15-21-16-20(6-7-22(21)38-18)27(32)25-26(19-5-8-23(35-2)24(17-19)36-3)31(29(34)28(25)33)10-4-9-30-11-13-37-14-12-30/h5-8,16-18,26,32H,4,9-15H2,1-3H3/t18-,26-/m0/s1. The summed E-state index contributed by atoms with van der Waals surface area (Å²) in [6, 6.07) is 9.92. The molecule has 2 aromatic carbocycles. The molecule has 0 saturated carbocycles. The minimum atomic E-state index is -0.761. The molecule has 202 valence electrons. The number of Topliss-reactive ketones (excluding diaryl/α,β-unsaturated/α-hetero) is 1. The van der Waals surface area contributed by atoms with Crippen LogP contribution in [0.25, 0.3) is 5.76 Å². The van der Waals surface area contributed by atoms with E-state index in [-0.39, 0.29) is 17.4 Å². The fourth-order valence-corrected chi connectivity index (χ4v) is 5.49. The van der Waals surface area contributed by atoms with E-state index in [1.165, 1.54) is 7.11 Å². The molecule has 9 nitrogen and oxygen atoms in total. The van der Waals surface area contributed by atoms with Crippen molar-refractivity contribution in [2.45, 2.75) is 31.9 Å². The average molecular weight is 523 g/mol. The van der Waals surface area contributed by atoms with Crippen LogP contribution in [0, 0.1) is 0 Å². The summed E-state index contributed by atoms with van der Waals surface area (Å²) in [5.74, 6) is 0.279. The van der Waals surface area contributed by atoms with Crippen LogP contribution in [-0.4, -0.2) is 86.3 Å². The van der Waals surface area contributed by atoms with E-state index in [9.17, 15) is 14.7 Å². The minimum Gasteiger partial charge on any atom is -0.507 e. The van der Waals surface area contributed by atoms with Gasteiger partial charge in [-0.1, -0.05) is 6.07 Å². The Morgan fingerprint density at radius 1 is 1.03 bits per heavy atom. The van der Waals surface area contributed by atoms with E-state index in [4.69, 9.17) is 18.9 Å². The van der Waals surface area contributed by atoms with Crippen molar-refractivity contribution in [2.75, 3.05) is 53.6 Å². The molecular weight excluding hydrogens is 488 g/mol. The number of benzene rings is 2. The second-order valence-corrected chi connectivity index (χ2v) is 9.87. The number of morpholine rings is 1. The second-order valence-electron chi connectivity index (χ2n) is 9.87. The SMILES string of the molecule is COc1ccc([C@H]2C(=C(O)c3ccc4c(c3)C[C@H](C)O4)C(=O)C(=O)N2CCCN2CCOCC2)cc1OC. The molecule has 0 aliphatic carbocycles. The summed E-state index contributed by atoms with van der Waals surface area (Å²) in [5, 5.41) is 11.5. The third-order valence-electron chi connectivity index (χ3n) is 7.41. The predicted octanol–water partition coefficient (Wildman–Crippen LogP) is 3.17. The van der Waals surface area contributed by atoms with E-state index >= 15 is 0 Å². The number of carbonyl (C=O) groups excluding carboxylic acids is 2. The molecule has 2 fully saturated rings. The highest BCUT2D eigenvalue weighted by Gasteiger charge is 2.46. The van der Waals surface area contributed by atoms with Gasteiger partial charge in [-0.2, -0.15) is 0 Å². The molecule has 2 atom stereocenters. The molecule has 9 heteroatoms. The Kier molecular flexibility index (Phi) is 7.58. The lowest BCUT2D eigenvalue weighted by Crippen LogP contribution is -2.38. The van der Waals surface area contributed by atoms with Crippen molar-refractivity contribution in [1.82, 2.24) is 9.80 Å². The van der Waals surface area contributed by atoms with Crippen LogP contribution in [0.1, 0.15) is 36.1 Å². The smallest absolute Gasteiger partial charge is 0.295 e. The number of fused-ring (bicyclic) bond motifs is 1. The Morgan fingerprint density at radius 2 is 1.79 bits per heavy atom. The monoisotopic (exact) mass is 522 g/mol. The summed E-state index contributed by atoms with van der Waals surface area (Å²) in [5.41, 5.74) is 2.18. The molecule has 0 radical (unpaired) electrons. The Hall–Kier alpha value is -3.56. The molecule has 0 spiro atoms. The van der Waals surface area contributed by atoms with Gasteiger partial charge in [0.15, 0.2) is 11.5 Å². The van der Waals surface area contributed by atoms with E-state index in [1.54, 1.807) is 42.3 Å². The largest absolute Gasteiger partial charge is 0.507 e. The van der Waals surface area contributed by atoms with Crippen LogP contribution in [0.4, 0.5) is 0 Å². The molecule has 5 rings (SSSR count). The molecule has 1 N–H and O–H groups in total. The summed E-state index contributed by atoms with van der Waals surface area (Å²) < 4.78 is 22.1. The Bertz CT molecular complexity index is 1250. The Labute approximate surface area is 222 Å². The topological polar surface area (TPSA) is 97.8 Å². The van der Waals surface area contributed by atoms with E-state index in [1.807, 2.05) is 13.0 Å². The van der Waals surface area contributed by atoms with Gasteiger partial charge in [0.1, 0.15) is 17.6 Å². The first-order chi connectivity index (χ1) is 18.4. The minimum absolute atomic E-state index is 0.0474. The van der Waals surface area contributed by atoms with Crippen molar-refractivity contribution in [3.05, 3.63) is 58.7 Å². The molecule has 3 aliphatic rings. The average Bonchev–Trinajstić information content (AvgIpc) is 3.43. The maximum atomic E-state index is 13.4. The summed E-state index contributed by atoms with van der Waals surface area (Å²) >= 11 is 0. The maximum Gasteiger partial charge on any atom is 0.295 e. The highest BCUT2D eigenvalue weighted by Crippen LogP contribution is 2.42. The van der Waals surface area contributed by atoms with Crippen molar-refractivity contribution < 1.29 is 33.6 Å². The first-order valence-electron chi connectivity index (χ1n) is 13.0. The van der Waals surface area contributed by atoms with Gasteiger partial charge < -0.3 is 29.0 Å². The molecule has 3 heterocycles. The van der Waals surface area contributed by atoms with Gasteiger partial charge in [-0.15, -0.1) is 0 Å². The number of ether oxygens (including phenoxy) is 4. The number of ketones is 1. The zero-order valence-electron chi connectivity index (χ0n) is 22.1. The van der Waals surface area contributed by atoms with E-state index in [2.05, 4.69) is 4.90 Å². The van der Waals surface area contributed by atoms with Crippen molar-refractivity contribution >= 4 is 17.4 Å². The van der Waals surface area contributed by atoms with Gasteiger partial charge in [0.05, 0.1) is 39.0 Å². The fraction of sp³-hybridized carbons (Fsp3) is 0.448. The van der Waals surface area contributed by atoms with Crippen LogP contribution < -0.4 is 14.2 Å². The number of rotatable bonds is 8. The maximum absolute atomic E-state index is 13.4. The van der Waals surface area contributed by atoms with Crippen LogP contribution >= 0.6 is 0 Å². The zero-order valence-corrected chi connectivity index (χ0v) is 22.1. The van der Waals surface area contributed by atoms with Crippen LogP contribution in [0.3, 0.4) is 0 Å². The van der Waals surface area contributed by atoms with Gasteiger partial charge in [-0.25, -0.2) is 0 Å². The number of methoxy groups -OCH3 is 2. The molecule has 2 saturated heterocycles. The number of aliphatic hydroxyl groups excluding tert-OH is 1. The van der Waals surface area contributed by atoms with Crippen molar-refractivity contribution in [3.8, 4) is 17.2 Å². The summed E-state index contributed by atoms with van der Waals surface area (Å²) in [6.45, 7) is 6.22. The predicted molar refractivity (Wildman–Crippen MR) is 141 cm³/mol. The molecule has 0 unspecified atom stereocenters. The first-order valence-corrected chi connectivity index (χ1v) is 13.0. The summed E-state index contributed by atoms with van der Waals surface area (Å²) in [7, 11) is 3.09. The number of carbonyl (C=O) groups is 2. The van der Waals surface area contributed by atoms with Gasteiger partial charge >= 0.3 is 0 Å². The Morgan fingerprint density at radius 3 is 2.53 bits per heavy atom. The van der Waals surface area contributed by atoms with E-state index < -0.39 is 17.7 Å². The third kappa shape index (κ3) is 4.96. The normalized spacial score (nSPS) is 22.9. The molecule has 38 heavy (non-hydrogen) atoms. The highest BCUT2D eigenvalue weighted by molar-refractivity contribution is 6.46. The van der Waals surface area contributed by atoms with Gasteiger partial charge in [-0.3, -0.25) is 14.5 Å². The highest BCUT2D eigenvalue weighted by atomic mass is 16.5. The van der Waals surface area contributed by atoms with E-state index in [0.29, 0.717) is 55.2 Å². The van der Waals surface area contributed by atoms with Gasteiger partial charge in [0, 0.05) is 38.2 Å².